The summed E-state index contributed by atoms with van der Waals surface area (Å²) >= 11 is 0. The lowest BCUT2D eigenvalue weighted by atomic mass is 11.8. The van der Waals surface area contributed by atoms with Crippen LogP contribution in [0.5, 0.6) is 0 Å². The van der Waals surface area contributed by atoms with Gasteiger partial charge >= 0.3 is 0 Å². The van der Waals surface area contributed by atoms with Crippen molar-refractivity contribution in [2.24, 2.45) is 0 Å². The number of hydrogen-bond donors (Lipinski definition) is 0. The highest BCUT2D eigenvalue weighted by molar-refractivity contribution is 7.24. The van der Waals surface area contributed by atoms with Gasteiger partial charge in [-0.2, -0.15) is 0 Å². The third-order valence-corrected chi connectivity index (χ3v) is 0. The average Bonchev–Trinajstić information content (AvgIpc) is 0.811. The van der Waals surface area contributed by atoms with Gasteiger partial charge in [0.2, 0.25) is 0 Å². The van der Waals surface area contributed by atoms with E-state index in [1.165, 1.54) is 20.5 Å². The first-order chi connectivity index (χ1) is 1.73. The Balaban J connectivity index is 2.32. The van der Waals surface area contributed by atoms with Crippen molar-refractivity contribution in [3.63, 3.8) is 0 Å². The molecule has 1 unspecified atom stereocenters. The van der Waals surface area contributed by atoms with Crippen molar-refractivity contribution in [3.05, 3.63) is 0 Å². The molecule has 0 rings (SSSR count). The molecule has 0 radical (unpaired) electrons. The molecule has 0 saturated heterocycles. The van der Waals surface area contributed by atoms with Crippen LogP contribution in [0.3, 0.4) is 0 Å². The second-order valence-corrected chi connectivity index (χ2v) is 11.2. The Labute approximate surface area is 35.4 Å². The molecular formula is CH9PSi2. The lowest BCUT2D eigenvalue weighted by molar-refractivity contribution is 2.00. The molecule has 0 aromatic heterocycles. The van der Waals surface area contributed by atoms with Crippen LogP contribution in [-0.2, 0) is 0 Å². The Morgan fingerprint density at radius 2 is 1.50 bits per heavy atom. The van der Waals surface area contributed by atoms with Crippen LogP contribution in [0, 0.1) is 0 Å². The van der Waals surface area contributed by atoms with Gasteiger partial charge < -0.3 is 0 Å². The number of rotatable bonds is 0. The monoisotopic (exact) mass is 108 g/mol. The van der Waals surface area contributed by atoms with Crippen molar-refractivity contribution in [1.29, 1.82) is 0 Å². The van der Waals surface area contributed by atoms with Gasteiger partial charge in [-0.15, -0.1) is 9.24 Å². The summed E-state index contributed by atoms with van der Waals surface area (Å²) < 4.78 is 0. The largest absolute Gasteiger partial charge is 0.142 e. The summed E-state index contributed by atoms with van der Waals surface area (Å²) in [4.78, 5) is 1.03. The van der Waals surface area contributed by atoms with Gasteiger partial charge in [0.05, 0.1) is 0 Å². The van der Waals surface area contributed by atoms with Crippen molar-refractivity contribution in [2.75, 3.05) is 0 Å². The summed E-state index contributed by atoms with van der Waals surface area (Å²) in [5.74, 6) is 0. The SMILES string of the molecule is [SiH3]C([SiH3])P. The zero-order chi connectivity index (χ0) is 3.58. The minimum absolute atomic E-state index is 1.03. The molecule has 0 aliphatic heterocycles. The van der Waals surface area contributed by atoms with E-state index in [-0.39, 0.29) is 0 Å². The summed E-state index contributed by atoms with van der Waals surface area (Å²) in [5.41, 5.74) is 0. The molecule has 0 amide bonds. The fraction of sp³-hybridized carbons (Fsp3) is 1.00. The van der Waals surface area contributed by atoms with Crippen molar-refractivity contribution >= 4 is 29.7 Å². The predicted molar refractivity (Wildman–Crippen MR) is 33.4 cm³/mol. The lowest BCUT2D eigenvalue weighted by Crippen LogP contribution is -1.89. The van der Waals surface area contributed by atoms with E-state index in [0.29, 0.717) is 0 Å². The zero-order valence-electron chi connectivity index (χ0n) is 3.15. The Bertz CT molecular complexity index is 10.8. The minimum Gasteiger partial charge on any atom is -0.142 e. The highest BCUT2D eigenvalue weighted by Gasteiger charge is 1.69. The standard InChI is InChI=1S/CH9PSi2/c2-1(3)4/h1H,2H2,3-4H3. The molecule has 0 spiro atoms. The summed E-state index contributed by atoms with van der Waals surface area (Å²) in [6.07, 6.45) is 0. The van der Waals surface area contributed by atoms with Crippen molar-refractivity contribution in [2.45, 2.75) is 4.91 Å². The molecule has 0 N–H and O–H groups in total. The van der Waals surface area contributed by atoms with Crippen molar-refractivity contribution in [3.8, 4) is 0 Å². The van der Waals surface area contributed by atoms with Gasteiger partial charge in [0.25, 0.3) is 0 Å². The van der Waals surface area contributed by atoms with Crippen LogP contribution in [0.25, 0.3) is 0 Å². The molecule has 1 atom stereocenters. The molecule has 0 aromatic rings. The third kappa shape index (κ3) is 13.3. The van der Waals surface area contributed by atoms with Crippen LogP contribution in [0.15, 0.2) is 0 Å². The van der Waals surface area contributed by atoms with Crippen LogP contribution in [0.4, 0.5) is 0 Å². The maximum atomic E-state index is 2.78. The van der Waals surface area contributed by atoms with Crippen LogP contribution < -0.4 is 0 Å². The topological polar surface area (TPSA) is 0 Å². The quantitative estimate of drug-likeness (QED) is 0.246. The Morgan fingerprint density at radius 1 is 1.50 bits per heavy atom. The van der Waals surface area contributed by atoms with Crippen LogP contribution in [-0.4, -0.2) is 25.4 Å². The molecule has 26 valence electrons. The first-order valence-corrected chi connectivity index (χ1v) is 4.46. The minimum atomic E-state index is 1.03. The van der Waals surface area contributed by atoms with Crippen LogP contribution in [0.1, 0.15) is 0 Å². The lowest BCUT2D eigenvalue weighted by Gasteiger charge is -1.78. The van der Waals surface area contributed by atoms with E-state index in [2.05, 4.69) is 9.24 Å². The first kappa shape index (κ1) is 4.86. The van der Waals surface area contributed by atoms with E-state index in [9.17, 15) is 0 Å². The molecule has 0 aliphatic carbocycles. The van der Waals surface area contributed by atoms with Gasteiger partial charge in [-0.05, 0) is 0 Å². The molecule has 0 aromatic carbocycles. The van der Waals surface area contributed by atoms with E-state index in [1.807, 2.05) is 0 Å². The summed E-state index contributed by atoms with van der Waals surface area (Å²) in [6.45, 7) is 0. The molecule has 4 heavy (non-hydrogen) atoms. The molecule has 0 nitrogen and oxygen atoms in total. The maximum absolute atomic E-state index is 2.78. The van der Waals surface area contributed by atoms with Crippen molar-refractivity contribution in [1.82, 2.24) is 0 Å². The molecule has 0 heterocycles. The third-order valence-electron chi connectivity index (χ3n) is 0. The Kier molecular flexibility index (Phi) is 2.58. The second kappa shape index (κ2) is 2.12. The van der Waals surface area contributed by atoms with E-state index < -0.39 is 0 Å². The second-order valence-electron chi connectivity index (χ2n) is 1.24. The molecule has 0 aliphatic rings. The normalized spacial score (nSPS) is 17.2. The van der Waals surface area contributed by atoms with Crippen molar-refractivity contribution < 1.29 is 0 Å². The van der Waals surface area contributed by atoms with Gasteiger partial charge in [0.1, 0.15) is 0 Å². The van der Waals surface area contributed by atoms with Gasteiger partial charge in [-0.25, -0.2) is 0 Å². The summed E-state index contributed by atoms with van der Waals surface area (Å²) in [6, 6.07) is 0. The molecule has 0 bridgehead atoms. The maximum Gasteiger partial charge on any atom is 0.00705 e. The highest BCUT2D eigenvalue weighted by atomic mass is 31.0. The zero-order valence-corrected chi connectivity index (χ0v) is 8.31. The predicted octanol–water partition coefficient (Wildman–Crippen LogP) is -2.12. The van der Waals surface area contributed by atoms with E-state index in [4.69, 9.17) is 0 Å². The smallest absolute Gasteiger partial charge is 0.00705 e. The average molecular weight is 108 g/mol. The fourth-order valence-corrected chi connectivity index (χ4v) is 0. The van der Waals surface area contributed by atoms with Gasteiger partial charge in [-0.1, -0.05) is 4.91 Å². The first-order valence-electron chi connectivity index (χ1n) is 1.49. The number of hydrogen-bond acceptors (Lipinski definition) is 0. The van der Waals surface area contributed by atoms with Crippen LogP contribution >= 0.6 is 9.24 Å². The van der Waals surface area contributed by atoms with Gasteiger partial charge in [-0.3, -0.25) is 0 Å². The molecular weight excluding hydrogens is 99.2 g/mol. The van der Waals surface area contributed by atoms with E-state index >= 15 is 0 Å². The Morgan fingerprint density at radius 3 is 1.50 bits per heavy atom. The van der Waals surface area contributed by atoms with Gasteiger partial charge in [0, 0.05) is 20.5 Å². The van der Waals surface area contributed by atoms with Crippen LogP contribution in [0.2, 0.25) is 0 Å². The molecule has 0 fully saturated rings. The fourth-order valence-electron chi connectivity index (χ4n) is 0. The molecule has 0 saturated carbocycles. The molecule has 3 heteroatoms. The Hall–Kier alpha value is 0.864. The highest BCUT2D eigenvalue weighted by Crippen LogP contribution is 1.79. The van der Waals surface area contributed by atoms with E-state index in [0.717, 1.165) is 4.91 Å². The van der Waals surface area contributed by atoms with E-state index in [1.54, 1.807) is 0 Å². The summed E-state index contributed by atoms with van der Waals surface area (Å²) in [5, 5.41) is 0. The summed E-state index contributed by atoms with van der Waals surface area (Å²) in [7, 11) is 5.53. The van der Waals surface area contributed by atoms with Gasteiger partial charge in [0.15, 0.2) is 0 Å².